The predicted octanol–water partition coefficient (Wildman–Crippen LogP) is 1.52. The van der Waals surface area contributed by atoms with Crippen molar-refractivity contribution in [2.24, 2.45) is 5.73 Å². The van der Waals surface area contributed by atoms with Crippen molar-refractivity contribution in [1.82, 2.24) is 0 Å². The lowest BCUT2D eigenvalue weighted by atomic mass is 9.92. The average Bonchev–Trinajstić information content (AvgIpc) is 2.57. The molecule has 0 bridgehead atoms. The van der Waals surface area contributed by atoms with Crippen molar-refractivity contribution in [2.75, 3.05) is 0 Å². The normalized spacial score (nSPS) is 15.3. The molecule has 0 saturated heterocycles. The zero-order valence-corrected chi connectivity index (χ0v) is 8.04. The number of rotatable bonds is 4. The van der Waals surface area contributed by atoms with Crippen LogP contribution in [0.5, 0.6) is 0 Å². The fourth-order valence-electron chi connectivity index (χ4n) is 0.970. The monoisotopic (exact) mass is 181 g/mol. The molecule has 0 saturated carbocycles. The summed E-state index contributed by atoms with van der Waals surface area (Å²) in [6.07, 6.45) is 2.49. The van der Waals surface area contributed by atoms with Crippen molar-refractivity contribution in [2.45, 2.75) is 32.2 Å². The summed E-state index contributed by atoms with van der Waals surface area (Å²) in [4.78, 5) is 11.6. The maximum Gasteiger partial charge on any atom is 0.159 e. The van der Waals surface area contributed by atoms with Crippen LogP contribution < -0.4 is 5.73 Å². The molecular weight excluding hydrogens is 166 g/mol. The highest BCUT2D eigenvalue weighted by molar-refractivity contribution is 5.89. The van der Waals surface area contributed by atoms with Gasteiger partial charge in [-0.25, -0.2) is 0 Å². The molecule has 0 aliphatic carbocycles. The summed E-state index contributed by atoms with van der Waals surface area (Å²) < 4.78 is 5.07. The van der Waals surface area contributed by atoms with Gasteiger partial charge in [-0.05, 0) is 25.5 Å². The largest absolute Gasteiger partial charge is 0.469 e. The number of carbonyl (C=O) groups is 1. The predicted molar refractivity (Wildman–Crippen MR) is 50.3 cm³/mol. The number of hydrogen-bond donors (Lipinski definition) is 1. The van der Waals surface area contributed by atoms with Crippen LogP contribution in [0.25, 0.3) is 0 Å². The van der Waals surface area contributed by atoms with Gasteiger partial charge in [0, 0.05) is 0 Å². The minimum Gasteiger partial charge on any atom is -0.469 e. The molecule has 1 aromatic heterocycles. The van der Waals surface area contributed by atoms with E-state index in [1.54, 1.807) is 25.3 Å². The van der Waals surface area contributed by atoms with Gasteiger partial charge in [-0.2, -0.15) is 0 Å². The first-order valence-corrected chi connectivity index (χ1v) is 4.41. The standard InChI is InChI=1S/C10H15NO2/c1-3-10(2,11)9(12)7-8-5-4-6-13-8/h4-6H,3,7,11H2,1-2H3. The second kappa shape index (κ2) is 3.75. The molecule has 72 valence electrons. The quantitative estimate of drug-likeness (QED) is 0.766. The molecule has 0 aromatic carbocycles. The summed E-state index contributed by atoms with van der Waals surface area (Å²) >= 11 is 0. The minimum absolute atomic E-state index is 0.0185. The summed E-state index contributed by atoms with van der Waals surface area (Å²) in [5.41, 5.74) is 5.06. The van der Waals surface area contributed by atoms with E-state index in [1.165, 1.54) is 0 Å². The van der Waals surface area contributed by atoms with Crippen LogP contribution in [0.1, 0.15) is 26.0 Å². The van der Waals surface area contributed by atoms with Gasteiger partial charge in [-0.3, -0.25) is 4.79 Å². The summed E-state index contributed by atoms with van der Waals surface area (Å²) in [7, 11) is 0. The minimum atomic E-state index is -0.729. The molecule has 2 N–H and O–H groups in total. The van der Waals surface area contributed by atoms with Gasteiger partial charge in [0.1, 0.15) is 5.76 Å². The lowest BCUT2D eigenvalue weighted by molar-refractivity contribution is -0.123. The van der Waals surface area contributed by atoms with Crippen LogP contribution in [0.4, 0.5) is 0 Å². The van der Waals surface area contributed by atoms with Crippen LogP contribution in [0, 0.1) is 0 Å². The van der Waals surface area contributed by atoms with Gasteiger partial charge in [0.2, 0.25) is 0 Å². The number of carbonyl (C=O) groups excluding carboxylic acids is 1. The maximum atomic E-state index is 11.6. The van der Waals surface area contributed by atoms with Crippen LogP contribution >= 0.6 is 0 Å². The second-order valence-corrected chi connectivity index (χ2v) is 3.45. The molecule has 1 atom stereocenters. The van der Waals surface area contributed by atoms with E-state index in [0.717, 1.165) is 0 Å². The summed E-state index contributed by atoms with van der Waals surface area (Å²) in [6.45, 7) is 3.65. The Hall–Kier alpha value is -1.09. The molecule has 0 aliphatic heterocycles. The smallest absolute Gasteiger partial charge is 0.159 e. The molecule has 0 aliphatic rings. The third-order valence-corrected chi connectivity index (χ3v) is 2.29. The highest BCUT2D eigenvalue weighted by Crippen LogP contribution is 2.11. The maximum absolute atomic E-state index is 11.6. The van der Waals surface area contributed by atoms with Crippen LogP contribution in [0.2, 0.25) is 0 Å². The summed E-state index contributed by atoms with van der Waals surface area (Å²) in [6, 6.07) is 3.55. The van der Waals surface area contributed by atoms with E-state index in [0.29, 0.717) is 12.2 Å². The molecule has 1 heterocycles. The molecule has 3 nitrogen and oxygen atoms in total. The average molecular weight is 181 g/mol. The highest BCUT2D eigenvalue weighted by Gasteiger charge is 2.26. The number of nitrogens with two attached hydrogens (primary N) is 1. The zero-order chi connectivity index (χ0) is 9.90. The first-order valence-electron chi connectivity index (χ1n) is 4.41. The molecule has 0 amide bonds. The molecular formula is C10H15NO2. The molecule has 1 unspecified atom stereocenters. The van der Waals surface area contributed by atoms with Crippen LogP contribution in [0.15, 0.2) is 22.8 Å². The third kappa shape index (κ3) is 2.42. The van der Waals surface area contributed by atoms with Crippen molar-refractivity contribution in [3.63, 3.8) is 0 Å². The lowest BCUT2D eigenvalue weighted by Crippen LogP contribution is -2.45. The Bertz CT molecular complexity index is 275. The van der Waals surface area contributed by atoms with E-state index in [4.69, 9.17) is 10.2 Å². The van der Waals surface area contributed by atoms with Gasteiger partial charge in [0.25, 0.3) is 0 Å². The van der Waals surface area contributed by atoms with Gasteiger partial charge >= 0.3 is 0 Å². The Morgan fingerprint density at radius 2 is 2.38 bits per heavy atom. The Labute approximate surface area is 77.9 Å². The zero-order valence-electron chi connectivity index (χ0n) is 8.04. The third-order valence-electron chi connectivity index (χ3n) is 2.29. The Balaban J connectivity index is 2.61. The molecule has 13 heavy (non-hydrogen) atoms. The second-order valence-electron chi connectivity index (χ2n) is 3.45. The van der Waals surface area contributed by atoms with Crippen LogP contribution in [-0.4, -0.2) is 11.3 Å². The Kier molecular flexibility index (Phi) is 2.88. The lowest BCUT2D eigenvalue weighted by Gasteiger charge is -2.19. The topological polar surface area (TPSA) is 56.2 Å². The molecule has 1 rings (SSSR count). The van der Waals surface area contributed by atoms with Gasteiger partial charge in [0.05, 0.1) is 18.2 Å². The number of furan rings is 1. The Morgan fingerprint density at radius 3 is 2.85 bits per heavy atom. The highest BCUT2D eigenvalue weighted by atomic mass is 16.3. The van der Waals surface area contributed by atoms with Crippen molar-refractivity contribution in [3.8, 4) is 0 Å². The molecule has 3 heteroatoms. The molecule has 1 aromatic rings. The number of ketones is 1. The van der Waals surface area contributed by atoms with Crippen molar-refractivity contribution >= 4 is 5.78 Å². The van der Waals surface area contributed by atoms with E-state index in [1.807, 2.05) is 6.92 Å². The summed E-state index contributed by atoms with van der Waals surface area (Å²) in [5.74, 6) is 0.695. The van der Waals surface area contributed by atoms with E-state index in [-0.39, 0.29) is 12.2 Å². The van der Waals surface area contributed by atoms with Crippen molar-refractivity contribution < 1.29 is 9.21 Å². The fourth-order valence-corrected chi connectivity index (χ4v) is 0.970. The van der Waals surface area contributed by atoms with Crippen molar-refractivity contribution in [3.05, 3.63) is 24.2 Å². The van der Waals surface area contributed by atoms with E-state index in [2.05, 4.69) is 0 Å². The Morgan fingerprint density at radius 1 is 1.69 bits per heavy atom. The van der Waals surface area contributed by atoms with Gasteiger partial charge in [0.15, 0.2) is 5.78 Å². The number of hydrogen-bond acceptors (Lipinski definition) is 3. The summed E-state index contributed by atoms with van der Waals surface area (Å²) in [5, 5.41) is 0. The van der Waals surface area contributed by atoms with Crippen LogP contribution in [0.3, 0.4) is 0 Å². The first kappa shape index (κ1) is 9.99. The van der Waals surface area contributed by atoms with Gasteiger partial charge in [-0.15, -0.1) is 0 Å². The fraction of sp³-hybridized carbons (Fsp3) is 0.500. The molecule has 0 radical (unpaired) electrons. The molecule has 0 fully saturated rings. The van der Waals surface area contributed by atoms with Gasteiger partial charge < -0.3 is 10.2 Å². The van der Waals surface area contributed by atoms with Crippen LogP contribution in [-0.2, 0) is 11.2 Å². The van der Waals surface area contributed by atoms with Crippen molar-refractivity contribution in [1.29, 1.82) is 0 Å². The van der Waals surface area contributed by atoms with E-state index < -0.39 is 5.54 Å². The molecule has 0 spiro atoms. The van der Waals surface area contributed by atoms with E-state index >= 15 is 0 Å². The first-order chi connectivity index (χ1) is 6.06. The van der Waals surface area contributed by atoms with Gasteiger partial charge in [-0.1, -0.05) is 6.92 Å². The SMILES string of the molecule is CCC(C)(N)C(=O)Cc1ccco1. The van der Waals surface area contributed by atoms with E-state index in [9.17, 15) is 4.79 Å². The number of Topliss-reactive ketones (excluding diaryl/α,β-unsaturated/α-hetero) is 1.